The van der Waals surface area contributed by atoms with Crippen molar-refractivity contribution in [3.63, 3.8) is 0 Å². The fourth-order valence-electron chi connectivity index (χ4n) is 4.86. The Morgan fingerprint density at radius 1 is 1.04 bits per heavy atom. The van der Waals surface area contributed by atoms with Gasteiger partial charge in [-0.1, -0.05) is 62.2 Å². The minimum Gasteiger partial charge on any atom is -0.348 e. The Balaban J connectivity index is 2.02. The summed E-state index contributed by atoms with van der Waals surface area (Å²) in [5.74, 6) is -0.388. The fourth-order valence-corrected chi connectivity index (χ4v) is 5.23. The lowest BCUT2D eigenvalue weighted by atomic mass is 9.54. The molecule has 28 heavy (non-hydrogen) atoms. The highest BCUT2D eigenvalue weighted by molar-refractivity contribution is 6.31. The molecule has 146 valence electrons. The minimum atomic E-state index is -0.948. The predicted molar refractivity (Wildman–Crippen MR) is 112 cm³/mol. The molecule has 2 aromatic carbocycles. The number of hydrogen-bond donors (Lipinski definition) is 2. The third-order valence-electron chi connectivity index (χ3n) is 5.98. The lowest BCUT2D eigenvalue weighted by molar-refractivity contribution is -0.137. The van der Waals surface area contributed by atoms with E-state index in [1.54, 1.807) is 18.2 Å². The molecule has 1 unspecified atom stereocenters. The van der Waals surface area contributed by atoms with Crippen LogP contribution in [0.4, 0.5) is 5.69 Å². The molecule has 0 radical (unpaired) electrons. The average Bonchev–Trinajstić information content (AvgIpc) is 2.87. The molecule has 2 aromatic rings. The predicted octanol–water partition coefficient (Wildman–Crippen LogP) is 5.11. The third kappa shape index (κ3) is 2.82. The fraction of sp³-hybridized carbons (Fsp3) is 0.364. The zero-order valence-electron chi connectivity index (χ0n) is 16.0. The Bertz CT molecular complexity index is 983. The summed E-state index contributed by atoms with van der Waals surface area (Å²) >= 11 is 12.4. The van der Waals surface area contributed by atoms with Gasteiger partial charge in [0, 0.05) is 22.2 Å². The summed E-state index contributed by atoms with van der Waals surface area (Å²) in [6.07, 6.45) is 0.274. The van der Waals surface area contributed by atoms with Crippen LogP contribution in [-0.2, 0) is 15.0 Å². The first-order valence-corrected chi connectivity index (χ1v) is 10.1. The Kier molecular flexibility index (Phi) is 4.48. The zero-order valence-corrected chi connectivity index (χ0v) is 17.5. The van der Waals surface area contributed by atoms with Gasteiger partial charge in [0.05, 0.1) is 6.04 Å². The highest BCUT2D eigenvalue weighted by Crippen LogP contribution is 2.58. The molecular formula is C22H22Cl2N2O2. The van der Waals surface area contributed by atoms with Crippen molar-refractivity contribution in [3.8, 4) is 0 Å². The maximum absolute atomic E-state index is 13.6. The Labute approximate surface area is 174 Å². The van der Waals surface area contributed by atoms with Crippen molar-refractivity contribution >= 4 is 40.7 Å². The monoisotopic (exact) mass is 416 g/mol. The van der Waals surface area contributed by atoms with Crippen LogP contribution < -0.4 is 10.6 Å². The number of carbonyl (C=O) groups excluding carboxylic acids is 2. The average molecular weight is 417 g/mol. The second-order valence-electron chi connectivity index (χ2n) is 8.69. The van der Waals surface area contributed by atoms with E-state index in [4.69, 9.17) is 23.2 Å². The number of fused-ring (bicyclic) bond motifs is 2. The largest absolute Gasteiger partial charge is 0.348 e. The lowest BCUT2D eigenvalue weighted by Crippen LogP contribution is -2.60. The van der Waals surface area contributed by atoms with Crippen LogP contribution in [0.15, 0.2) is 42.5 Å². The Morgan fingerprint density at radius 3 is 2.43 bits per heavy atom. The van der Waals surface area contributed by atoms with E-state index in [-0.39, 0.29) is 29.6 Å². The molecule has 0 aliphatic carbocycles. The molecule has 4 nitrogen and oxygen atoms in total. The van der Waals surface area contributed by atoms with Gasteiger partial charge in [-0.3, -0.25) is 9.59 Å². The Morgan fingerprint density at radius 2 is 1.75 bits per heavy atom. The van der Waals surface area contributed by atoms with Gasteiger partial charge in [0.25, 0.3) is 0 Å². The van der Waals surface area contributed by atoms with Crippen LogP contribution in [0, 0.1) is 11.3 Å². The molecule has 2 heterocycles. The van der Waals surface area contributed by atoms with Crippen molar-refractivity contribution in [3.05, 3.63) is 63.6 Å². The van der Waals surface area contributed by atoms with E-state index in [0.717, 1.165) is 11.1 Å². The molecule has 0 bridgehead atoms. The molecule has 2 aliphatic heterocycles. The van der Waals surface area contributed by atoms with Crippen LogP contribution in [0.25, 0.3) is 0 Å². The molecular weight excluding hydrogens is 395 g/mol. The molecule has 4 rings (SSSR count). The van der Waals surface area contributed by atoms with E-state index in [9.17, 15) is 9.59 Å². The minimum absolute atomic E-state index is 0.0641. The SMILES string of the molecule is CC(C)(C)[C@H]1CC(=O)NC(c2cccc(Cl)c2)[C@]12C(=O)Nc1cc(Cl)ccc12. The van der Waals surface area contributed by atoms with E-state index in [2.05, 4.69) is 31.4 Å². The molecule has 0 aromatic heterocycles. The van der Waals surface area contributed by atoms with Gasteiger partial charge < -0.3 is 10.6 Å². The van der Waals surface area contributed by atoms with Crippen LogP contribution in [-0.4, -0.2) is 11.8 Å². The van der Waals surface area contributed by atoms with Gasteiger partial charge in [-0.25, -0.2) is 0 Å². The van der Waals surface area contributed by atoms with Gasteiger partial charge in [-0.15, -0.1) is 0 Å². The quantitative estimate of drug-likeness (QED) is 0.678. The van der Waals surface area contributed by atoms with Gasteiger partial charge in [0.2, 0.25) is 11.8 Å². The molecule has 1 fully saturated rings. The van der Waals surface area contributed by atoms with Crippen LogP contribution in [0.2, 0.25) is 10.0 Å². The Hall–Kier alpha value is -2.04. The highest BCUT2D eigenvalue weighted by Gasteiger charge is 2.63. The first-order chi connectivity index (χ1) is 13.1. The molecule has 1 spiro atoms. The van der Waals surface area contributed by atoms with E-state index < -0.39 is 11.5 Å². The smallest absolute Gasteiger partial charge is 0.237 e. The number of carbonyl (C=O) groups is 2. The normalized spacial score (nSPS) is 26.8. The van der Waals surface area contributed by atoms with Crippen molar-refractivity contribution in [2.24, 2.45) is 11.3 Å². The molecule has 2 aliphatic rings. The highest BCUT2D eigenvalue weighted by atomic mass is 35.5. The van der Waals surface area contributed by atoms with Gasteiger partial charge in [-0.2, -0.15) is 0 Å². The van der Waals surface area contributed by atoms with Gasteiger partial charge in [-0.05, 0) is 46.7 Å². The number of nitrogens with one attached hydrogen (secondary N) is 2. The van der Waals surface area contributed by atoms with Gasteiger partial charge in [0.1, 0.15) is 5.41 Å². The summed E-state index contributed by atoms with van der Waals surface area (Å²) < 4.78 is 0. The van der Waals surface area contributed by atoms with E-state index >= 15 is 0 Å². The van der Waals surface area contributed by atoms with Crippen molar-refractivity contribution in [1.29, 1.82) is 0 Å². The lowest BCUT2D eigenvalue weighted by Gasteiger charge is -2.51. The van der Waals surface area contributed by atoms with Gasteiger partial charge in [0.15, 0.2) is 0 Å². The second kappa shape index (κ2) is 6.50. The topological polar surface area (TPSA) is 58.2 Å². The van der Waals surface area contributed by atoms with Crippen LogP contribution >= 0.6 is 23.2 Å². The van der Waals surface area contributed by atoms with Crippen molar-refractivity contribution in [2.75, 3.05) is 5.32 Å². The molecule has 0 saturated carbocycles. The number of amides is 2. The summed E-state index contributed by atoms with van der Waals surface area (Å²) in [5.41, 5.74) is 1.15. The molecule has 1 saturated heterocycles. The van der Waals surface area contributed by atoms with Crippen LogP contribution in [0.1, 0.15) is 44.4 Å². The van der Waals surface area contributed by atoms with Crippen molar-refractivity contribution in [2.45, 2.75) is 38.6 Å². The number of piperidine rings is 1. The van der Waals surface area contributed by atoms with Crippen LogP contribution in [0.3, 0.4) is 0 Å². The van der Waals surface area contributed by atoms with Crippen molar-refractivity contribution < 1.29 is 9.59 Å². The summed E-state index contributed by atoms with van der Waals surface area (Å²) in [4.78, 5) is 26.3. The van der Waals surface area contributed by atoms with Gasteiger partial charge >= 0.3 is 0 Å². The number of anilines is 1. The van der Waals surface area contributed by atoms with E-state index in [1.165, 1.54) is 0 Å². The summed E-state index contributed by atoms with van der Waals surface area (Å²) in [7, 11) is 0. The van der Waals surface area contributed by atoms with E-state index in [0.29, 0.717) is 15.7 Å². The van der Waals surface area contributed by atoms with Crippen molar-refractivity contribution in [1.82, 2.24) is 5.32 Å². The first kappa shape index (κ1) is 19.3. The summed E-state index contributed by atoms with van der Waals surface area (Å²) in [6, 6.07) is 12.3. The van der Waals surface area contributed by atoms with E-state index in [1.807, 2.05) is 24.3 Å². The molecule has 6 heteroatoms. The first-order valence-electron chi connectivity index (χ1n) is 9.30. The molecule has 2 N–H and O–H groups in total. The third-order valence-corrected chi connectivity index (χ3v) is 6.45. The summed E-state index contributed by atoms with van der Waals surface area (Å²) in [5, 5.41) is 7.23. The summed E-state index contributed by atoms with van der Waals surface area (Å²) in [6.45, 7) is 6.23. The maximum atomic E-state index is 13.6. The molecule has 2 amide bonds. The molecule has 3 atom stereocenters. The number of benzene rings is 2. The number of hydrogen-bond acceptors (Lipinski definition) is 2. The zero-order chi connectivity index (χ0) is 20.3. The number of rotatable bonds is 1. The maximum Gasteiger partial charge on any atom is 0.237 e. The standard InChI is InChI=1S/C22H22Cl2N2O2/c1-21(2,3)17-11-18(27)26-19(12-5-4-6-13(23)9-12)22(17)15-8-7-14(24)10-16(15)25-20(22)28/h4-10,17,19H,11H2,1-3H3,(H,25,28)(H,26,27)/t17-,19?,22-/m1/s1. The second-order valence-corrected chi connectivity index (χ2v) is 9.56. The van der Waals surface area contributed by atoms with Crippen LogP contribution in [0.5, 0.6) is 0 Å². The number of halogens is 2.